The molecule has 1 fully saturated rings. The summed E-state index contributed by atoms with van der Waals surface area (Å²) in [5.41, 5.74) is 1.84. The predicted molar refractivity (Wildman–Crippen MR) is 106 cm³/mol. The van der Waals surface area contributed by atoms with E-state index in [4.69, 9.17) is 9.47 Å². The number of likely N-dealkylation sites (tertiary alicyclic amines) is 1. The molecule has 0 unspecified atom stereocenters. The average Bonchev–Trinajstić information content (AvgIpc) is 3.41. The normalized spacial score (nSPS) is 16.1. The fourth-order valence-electron chi connectivity index (χ4n) is 3.18. The summed E-state index contributed by atoms with van der Waals surface area (Å²) in [6.07, 6.45) is 4.95. The van der Waals surface area contributed by atoms with Crippen molar-refractivity contribution in [3.63, 3.8) is 0 Å². The number of ether oxygens (including phenoxy) is 2. The number of benzene rings is 1. The minimum Gasteiger partial charge on any atom is -0.486 e. The second kappa shape index (κ2) is 8.84. The van der Waals surface area contributed by atoms with E-state index in [1.165, 1.54) is 0 Å². The number of carbonyl (C=O) groups excluding carboxylic acids is 1. The molecule has 7 heteroatoms. The van der Waals surface area contributed by atoms with E-state index in [0.29, 0.717) is 18.9 Å². The van der Waals surface area contributed by atoms with Crippen molar-refractivity contribution in [2.75, 3.05) is 6.54 Å². The Morgan fingerprint density at radius 1 is 1.18 bits per heavy atom. The third-order valence-electron chi connectivity index (χ3n) is 4.57. The van der Waals surface area contributed by atoms with E-state index in [2.05, 4.69) is 9.97 Å². The van der Waals surface area contributed by atoms with E-state index >= 15 is 0 Å². The molecule has 28 heavy (non-hydrogen) atoms. The van der Waals surface area contributed by atoms with Crippen molar-refractivity contribution in [3.05, 3.63) is 76.5 Å². The van der Waals surface area contributed by atoms with Gasteiger partial charge in [-0.05, 0) is 30.5 Å². The largest absolute Gasteiger partial charge is 0.486 e. The number of amides is 1. The third-order valence-corrected chi connectivity index (χ3v) is 5.56. The van der Waals surface area contributed by atoms with E-state index in [0.717, 1.165) is 29.1 Å². The van der Waals surface area contributed by atoms with E-state index in [1.54, 1.807) is 28.6 Å². The van der Waals surface area contributed by atoms with Crippen molar-refractivity contribution < 1.29 is 14.3 Å². The zero-order valence-corrected chi connectivity index (χ0v) is 16.2. The minimum atomic E-state index is -0.283. The predicted octanol–water partition coefficient (Wildman–Crippen LogP) is 4.59. The minimum absolute atomic E-state index is 0.0274. The summed E-state index contributed by atoms with van der Waals surface area (Å²) >= 11 is 1.56. The Bertz CT molecular complexity index is 902. The molecule has 0 aliphatic carbocycles. The first kappa shape index (κ1) is 18.4. The lowest BCUT2D eigenvalue weighted by Gasteiger charge is -2.22. The number of hydrogen-bond donors (Lipinski definition) is 0. The highest BCUT2D eigenvalue weighted by Gasteiger charge is 2.33. The summed E-state index contributed by atoms with van der Waals surface area (Å²) in [5.74, 6) is 0.712. The van der Waals surface area contributed by atoms with Crippen molar-refractivity contribution in [1.29, 1.82) is 0 Å². The van der Waals surface area contributed by atoms with Gasteiger partial charge in [0.1, 0.15) is 24.0 Å². The van der Waals surface area contributed by atoms with E-state index < -0.39 is 0 Å². The van der Waals surface area contributed by atoms with Gasteiger partial charge in [-0.3, -0.25) is 9.88 Å². The molecule has 1 atom stereocenters. The molecule has 0 radical (unpaired) electrons. The molecule has 4 rings (SSSR count). The molecule has 1 aromatic carbocycles. The molecule has 1 amide bonds. The first-order valence-corrected chi connectivity index (χ1v) is 10.1. The molecule has 1 aliphatic heterocycles. The van der Waals surface area contributed by atoms with Crippen LogP contribution in [0.25, 0.3) is 0 Å². The van der Waals surface area contributed by atoms with Gasteiger partial charge >= 0.3 is 6.09 Å². The molecule has 2 aromatic heterocycles. The number of thiazole rings is 1. The van der Waals surface area contributed by atoms with Crippen LogP contribution >= 0.6 is 11.3 Å². The summed E-state index contributed by atoms with van der Waals surface area (Å²) in [6.45, 7) is 1.36. The SMILES string of the molecule is O=C(OCc1ccccc1)N1CCC[C@H]1c1nc(COc2cccnc2)cs1. The lowest BCUT2D eigenvalue weighted by molar-refractivity contribution is 0.0920. The number of rotatable bonds is 6. The van der Waals surface area contributed by atoms with Crippen LogP contribution in [-0.4, -0.2) is 27.5 Å². The highest BCUT2D eigenvalue weighted by Crippen LogP contribution is 2.34. The lowest BCUT2D eigenvalue weighted by atomic mass is 10.2. The molecule has 3 heterocycles. The molecule has 0 bridgehead atoms. The zero-order valence-electron chi connectivity index (χ0n) is 15.4. The van der Waals surface area contributed by atoms with Gasteiger partial charge in [-0.2, -0.15) is 0 Å². The topological polar surface area (TPSA) is 64.5 Å². The monoisotopic (exact) mass is 395 g/mol. The van der Waals surface area contributed by atoms with Crippen molar-refractivity contribution in [1.82, 2.24) is 14.9 Å². The Balaban J connectivity index is 1.35. The van der Waals surface area contributed by atoms with Crippen LogP contribution < -0.4 is 4.74 Å². The lowest BCUT2D eigenvalue weighted by Crippen LogP contribution is -2.31. The average molecular weight is 395 g/mol. The van der Waals surface area contributed by atoms with Crippen molar-refractivity contribution in [3.8, 4) is 5.75 Å². The zero-order chi connectivity index (χ0) is 19.2. The molecule has 1 aliphatic rings. The number of nitrogens with zero attached hydrogens (tertiary/aromatic N) is 3. The second-order valence-electron chi connectivity index (χ2n) is 6.55. The van der Waals surface area contributed by atoms with Gasteiger partial charge in [0, 0.05) is 18.1 Å². The Kier molecular flexibility index (Phi) is 5.82. The summed E-state index contributed by atoms with van der Waals surface area (Å²) in [7, 11) is 0. The maximum atomic E-state index is 12.6. The fraction of sp³-hybridized carbons (Fsp3) is 0.286. The molecule has 0 spiro atoms. The Morgan fingerprint density at radius 2 is 2.07 bits per heavy atom. The van der Waals surface area contributed by atoms with E-state index in [9.17, 15) is 4.79 Å². The molecule has 3 aromatic rings. The summed E-state index contributed by atoms with van der Waals surface area (Å²) in [4.78, 5) is 23.1. The molecule has 1 saturated heterocycles. The summed E-state index contributed by atoms with van der Waals surface area (Å²) < 4.78 is 11.2. The number of aromatic nitrogens is 2. The van der Waals surface area contributed by atoms with Gasteiger partial charge in [-0.25, -0.2) is 9.78 Å². The molecule has 0 N–H and O–H groups in total. The van der Waals surface area contributed by atoms with Crippen molar-refractivity contribution >= 4 is 17.4 Å². The van der Waals surface area contributed by atoms with Gasteiger partial charge in [-0.1, -0.05) is 30.3 Å². The molecule has 6 nitrogen and oxygen atoms in total. The van der Waals surface area contributed by atoms with Crippen LogP contribution in [0.3, 0.4) is 0 Å². The van der Waals surface area contributed by atoms with Gasteiger partial charge < -0.3 is 9.47 Å². The van der Waals surface area contributed by atoms with Crippen molar-refractivity contribution in [2.45, 2.75) is 32.1 Å². The van der Waals surface area contributed by atoms with Gasteiger partial charge in [0.05, 0.1) is 17.9 Å². The van der Waals surface area contributed by atoms with Crippen LogP contribution in [0.2, 0.25) is 0 Å². The van der Waals surface area contributed by atoms with Gasteiger partial charge in [0.15, 0.2) is 0 Å². The van der Waals surface area contributed by atoms with Crippen LogP contribution in [0.4, 0.5) is 4.79 Å². The maximum absolute atomic E-state index is 12.6. The standard InChI is InChI=1S/C21H21N3O3S/c25-21(27-13-16-6-2-1-3-7-16)24-11-5-9-19(24)20-23-17(15-28-20)14-26-18-8-4-10-22-12-18/h1-4,6-8,10,12,15,19H,5,9,11,13-14H2/t19-/m0/s1. The maximum Gasteiger partial charge on any atom is 0.410 e. The van der Waals surface area contributed by atoms with Gasteiger partial charge in [-0.15, -0.1) is 11.3 Å². The fourth-order valence-corrected chi connectivity index (χ4v) is 4.13. The Morgan fingerprint density at radius 3 is 2.89 bits per heavy atom. The van der Waals surface area contributed by atoms with Gasteiger partial charge in [0.2, 0.25) is 0 Å². The highest BCUT2D eigenvalue weighted by atomic mass is 32.1. The van der Waals surface area contributed by atoms with Crippen LogP contribution in [0.5, 0.6) is 5.75 Å². The van der Waals surface area contributed by atoms with Crippen LogP contribution in [0.1, 0.15) is 35.1 Å². The highest BCUT2D eigenvalue weighted by molar-refractivity contribution is 7.09. The molecule has 0 saturated carbocycles. The van der Waals surface area contributed by atoms with Crippen LogP contribution in [-0.2, 0) is 18.0 Å². The second-order valence-corrected chi connectivity index (χ2v) is 7.44. The van der Waals surface area contributed by atoms with Gasteiger partial charge in [0.25, 0.3) is 0 Å². The number of hydrogen-bond acceptors (Lipinski definition) is 6. The first-order chi connectivity index (χ1) is 13.8. The van der Waals surface area contributed by atoms with Crippen molar-refractivity contribution in [2.24, 2.45) is 0 Å². The van der Waals surface area contributed by atoms with Crippen LogP contribution in [0, 0.1) is 0 Å². The Labute approximate surface area is 167 Å². The first-order valence-electron chi connectivity index (χ1n) is 9.24. The molecular weight excluding hydrogens is 374 g/mol. The molecule has 144 valence electrons. The van der Waals surface area contributed by atoms with E-state index in [-0.39, 0.29) is 18.7 Å². The van der Waals surface area contributed by atoms with Crippen LogP contribution in [0.15, 0.2) is 60.2 Å². The molecular formula is C21H21N3O3S. The third kappa shape index (κ3) is 4.48. The Hall–Kier alpha value is -2.93. The quantitative estimate of drug-likeness (QED) is 0.611. The smallest absolute Gasteiger partial charge is 0.410 e. The summed E-state index contributed by atoms with van der Waals surface area (Å²) in [5, 5.41) is 2.91. The number of carbonyl (C=O) groups is 1. The number of pyridine rings is 1. The van der Waals surface area contributed by atoms with E-state index in [1.807, 2.05) is 47.8 Å². The summed E-state index contributed by atoms with van der Waals surface area (Å²) in [6, 6.07) is 13.4.